The zero-order valence-electron chi connectivity index (χ0n) is 16.7. The minimum atomic E-state index is -3.96. The summed E-state index contributed by atoms with van der Waals surface area (Å²) in [6, 6.07) is 19.1. The van der Waals surface area contributed by atoms with Gasteiger partial charge in [0.25, 0.3) is 0 Å². The molecule has 0 bridgehead atoms. The number of rotatable bonds is 5. The molecule has 158 valence electrons. The van der Waals surface area contributed by atoms with E-state index in [4.69, 9.17) is 16.0 Å². The predicted octanol–water partition coefficient (Wildman–Crippen LogP) is 6.95. The van der Waals surface area contributed by atoms with Crippen LogP contribution in [0.25, 0.3) is 11.5 Å². The number of halogens is 2. The number of aromatic nitrogens is 1. The van der Waals surface area contributed by atoms with Crippen molar-refractivity contribution < 1.29 is 12.8 Å². The average Bonchev–Trinajstić information content (AvgIpc) is 3.12. The van der Waals surface area contributed by atoms with E-state index >= 15 is 0 Å². The van der Waals surface area contributed by atoms with E-state index in [0.717, 1.165) is 15.6 Å². The van der Waals surface area contributed by atoms with E-state index in [1.807, 2.05) is 44.2 Å². The fraction of sp³-hybridized carbons (Fsp3) is 0.0870. The van der Waals surface area contributed by atoms with Gasteiger partial charge in [0.15, 0.2) is 0 Å². The van der Waals surface area contributed by atoms with Gasteiger partial charge in [-0.1, -0.05) is 33.6 Å². The van der Waals surface area contributed by atoms with Gasteiger partial charge in [-0.15, -0.1) is 0 Å². The lowest BCUT2D eigenvalue weighted by molar-refractivity contribution is 0.582. The molecule has 1 heterocycles. The smallest absolute Gasteiger partial charge is 0.238 e. The van der Waals surface area contributed by atoms with Gasteiger partial charge in [-0.05, 0) is 85.6 Å². The van der Waals surface area contributed by atoms with E-state index in [1.54, 1.807) is 12.1 Å². The molecule has 0 atom stereocenters. The van der Waals surface area contributed by atoms with Crippen LogP contribution in [0.4, 0.5) is 11.6 Å². The highest BCUT2D eigenvalue weighted by atomic mass is 79.9. The number of aryl methyl sites for hydroxylation is 2. The summed E-state index contributed by atoms with van der Waals surface area (Å²) >= 11 is 9.32. The van der Waals surface area contributed by atoms with Crippen LogP contribution in [0.2, 0.25) is 5.02 Å². The van der Waals surface area contributed by atoms with Crippen LogP contribution < -0.4 is 5.32 Å². The van der Waals surface area contributed by atoms with Gasteiger partial charge in [0.1, 0.15) is 0 Å². The number of hydrogen-bond donors (Lipinski definition) is 1. The minimum Gasteiger partial charge on any atom is -0.419 e. The van der Waals surface area contributed by atoms with E-state index in [1.165, 1.54) is 24.3 Å². The third kappa shape index (κ3) is 4.69. The molecule has 0 radical (unpaired) electrons. The monoisotopic (exact) mass is 516 g/mol. The van der Waals surface area contributed by atoms with Gasteiger partial charge in [0.05, 0.1) is 4.90 Å². The van der Waals surface area contributed by atoms with Crippen molar-refractivity contribution in [2.24, 2.45) is 0 Å². The maximum atomic E-state index is 13.4. The summed E-state index contributed by atoms with van der Waals surface area (Å²) in [5.74, 6) is 0.254. The fourth-order valence-electron chi connectivity index (χ4n) is 3.19. The minimum absolute atomic E-state index is 0.0536. The number of anilines is 2. The van der Waals surface area contributed by atoms with Crippen LogP contribution in [0, 0.1) is 13.8 Å². The largest absolute Gasteiger partial charge is 0.419 e. The maximum absolute atomic E-state index is 13.4. The molecule has 0 saturated carbocycles. The molecule has 0 fully saturated rings. The summed E-state index contributed by atoms with van der Waals surface area (Å²) in [6.07, 6.45) is 0. The molecule has 0 spiro atoms. The van der Waals surface area contributed by atoms with Crippen LogP contribution in [-0.2, 0) is 9.84 Å². The molecule has 4 aromatic rings. The second-order valence-corrected chi connectivity index (χ2v) is 10.3. The predicted molar refractivity (Wildman–Crippen MR) is 126 cm³/mol. The Kier molecular flexibility index (Phi) is 5.92. The van der Waals surface area contributed by atoms with Crippen LogP contribution in [0.15, 0.2) is 85.5 Å². The Balaban J connectivity index is 1.85. The van der Waals surface area contributed by atoms with Gasteiger partial charge in [-0.25, -0.2) is 8.42 Å². The SMILES string of the molecule is Cc1cc(C)cc(Nc2oc(-c3ccc(Br)cc3)nc2S(=O)(=O)c2ccc(Cl)cc2)c1. The number of oxazole rings is 1. The highest BCUT2D eigenvalue weighted by Crippen LogP contribution is 2.35. The van der Waals surface area contributed by atoms with Crippen molar-refractivity contribution >= 4 is 48.9 Å². The van der Waals surface area contributed by atoms with E-state index in [0.29, 0.717) is 16.3 Å². The van der Waals surface area contributed by atoms with E-state index in [2.05, 4.69) is 26.2 Å². The summed E-state index contributed by atoms with van der Waals surface area (Å²) < 4.78 is 33.6. The van der Waals surface area contributed by atoms with Crippen molar-refractivity contribution in [3.05, 3.63) is 87.4 Å². The molecule has 8 heteroatoms. The Morgan fingerprint density at radius 3 is 2.16 bits per heavy atom. The topological polar surface area (TPSA) is 72.2 Å². The molecule has 1 aromatic heterocycles. The van der Waals surface area contributed by atoms with Crippen LogP contribution >= 0.6 is 27.5 Å². The van der Waals surface area contributed by atoms with Crippen molar-refractivity contribution in [3.63, 3.8) is 0 Å². The molecular weight excluding hydrogens is 500 g/mol. The van der Waals surface area contributed by atoms with Gasteiger partial charge in [-0.3, -0.25) is 0 Å². The molecular formula is C23H18BrClN2O3S. The molecule has 0 amide bonds. The molecule has 3 aromatic carbocycles. The Hall–Kier alpha value is -2.61. The lowest BCUT2D eigenvalue weighted by Gasteiger charge is -2.08. The Morgan fingerprint density at radius 2 is 1.55 bits per heavy atom. The highest BCUT2D eigenvalue weighted by molar-refractivity contribution is 9.10. The lowest BCUT2D eigenvalue weighted by atomic mass is 10.1. The normalized spacial score (nSPS) is 11.5. The van der Waals surface area contributed by atoms with Gasteiger partial charge < -0.3 is 9.73 Å². The van der Waals surface area contributed by atoms with Gasteiger partial charge >= 0.3 is 0 Å². The first kappa shape index (κ1) is 21.6. The Morgan fingerprint density at radius 1 is 0.935 bits per heavy atom. The summed E-state index contributed by atoms with van der Waals surface area (Å²) in [5.41, 5.74) is 3.45. The van der Waals surface area contributed by atoms with Gasteiger partial charge in [0, 0.05) is 20.7 Å². The van der Waals surface area contributed by atoms with Crippen LogP contribution in [0.3, 0.4) is 0 Å². The first-order valence-corrected chi connectivity index (χ1v) is 12.0. The molecule has 0 aliphatic heterocycles. The molecule has 5 nitrogen and oxygen atoms in total. The quantitative estimate of drug-likeness (QED) is 0.310. The molecule has 1 N–H and O–H groups in total. The van der Waals surface area contributed by atoms with Crippen molar-refractivity contribution in [1.82, 2.24) is 4.98 Å². The third-order valence-corrected chi connectivity index (χ3v) is 7.00. The zero-order valence-corrected chi connectivity index (χ0v) is 19.8. The molecule has 4 rings (SSSR count). The molecule has 0 aliphatic rings. The van der Waals surface area contributed by atoms with Crippen molar-refractivity contribution in [2.75, 3.05) is 5.32 Å². The number of nitrogens with zero attached hydrogens (tertiary/aromatic N) is 1. The van der Waals surface area contributed by atoms with Crippen LogP contribution in [0.1, 0.15) is 11.1 Å². The number of sulfone groups is 1. The number of nitrogens with one attached hydrogen (secondary N) is 1. The molecule has 0 saturated heterocycles. The van der Waals surface area contributed by atoms with Gasteiger partial charge in [-0.2, -0.15) is 4.98 Å². The average molecular weight is 518 g/mol. The van der Waals surface area contributed by atoms with Crippen LogP contribution in [-0.4, -0.2) is 13.4 Å². The van der Waals surface area contributed by atoms with E-state index < -0.39 is 9.84 Å². The van der Waals surface area contributed by atoms with Crippen molar-refractivity contribution in [2.45, 2.75) is 23.8 Å². The fourth-order valence-corrected chi connectivity index (χ4v) is 4.83. The second-order valence-electron chi connectivity index (χ2n) is 7.12. The number of hydrogen-bond acceptors (Lipinski definition) is 5. The molecule has 31 heavy (non-hydrogen) atoms. The highest BCUT2D eigenvalue weighted by Gasteiger charge is 2.29. The van der Waals surface area contributed by atoms with E-state index in [-0.39, 0.29) is 21.7 Å². The Bertz CT molecular complexity index is 1330. The van der Waals surface area contributed by atoms with Crippen molar-refractivity contribution in [1.29, 1.82) is 0 Å². The first-order chi connectivity index (χ1) is 14.7. The first-order valence-electron chi connectivity index (χ1n) is 9.35. The second kappa shape index (κ2) is 8.49. The molecule has 0 aliphatic carbocycles. The summed E-state index contributed by atoms with van der Waals surface area (Å²) in [5, 5.41) is 3.36. The lowest BCUT2D eigenvalue weighted by Crippen LogP contribution is -2.05. The summed E-state index contributed by atoms with van der Waals surface area (Å²) in [4.78, 5) is 4.44. The van der Waals surface area contributed by atoms with Crippen molar-refractivity contribution in [3.8, 4) is 11.5 Å². The standard InChI is InChI=1S/C23H18BrClN2O3S/c1-14-11-15(2)13-19(12-14)26-22-23(31(28,29)20-9-7-18(25)8-10-20)27-21(30-22)16-3-5-17(24)6-4-16/h3-13,26H,1-2H3. The third-order valence-electron chi connectivity index (χ3n) is 4.55. The number of benzene rings is 3. The summed E-state index contributed by atoms with van der Waals surface area (Å²) in [7, 11) is -3.96. The zero-order chi connectivity index (χ0) is 22.2. The van der Waals surface area contributed by atoms with Crippen LogP contribution in [0.5, 0.6) is 0 Å². The molecule has 0 unspecified atom stereocenters. The maximum Gasteiger partial charge on any atom is 0.238 e. The van der Waals surface area contributed by atoms with E-state index in [9.17, 15) is 8.42 Å². The Labute approximate surface area is 194 Å². The van der Waals surface area contributed by atoms with Gasteiger partial charge in [0.2, 0.25) is 26.6 Å². The summed E-state index contributed by atoms with van der Waals surface area (Å²) in [6.45, 7) is 3.94.